The van der Waals surface area contributed by atoms with Gasteiger partial charge in [0.05, 0.1) is 0 Å². The van der Waals surface area contributed by atoms with E-state index < -0.39 is 0 Å². The van der Waals surface area contributed by atoms with Gasteiger partial charge in [0.2, 0.25) is 0 Å². The van der Waals surface area contributed by atoms with E-state index in [0.717, 1.165) is 25.2 Å². The van der Waals surface area contributed by atoms with Gasteiger partial charge >= 0.3 is 0 Å². The van der Waals surface area contributed by atoms with Crippen molar-refractivity contribution in [2.24, 2.45) is 0 Å². The maximum atomic E-state index is 12.9. The van der Waals surface area contributed by atoms with Gasteiger partial charge in [0.1, 0.15) is 5.82 Å². The van der Waals surface area contributed by atoms with Crippen LogP contribution in [0.5, 0.6) is 0 Å². The Balaban J connectivity index is 2.83. The lowest BCUT2D eigenvalue weighted by molar-refractivity contribution is 0.550. The average Bonchev–Trinajstić information content (AvgIpc) is 2.31. The summed E-state index contributed by atoms with van der Waals surface area (Å²) in [6.07, 6.45) is 1.08. The van der Waals surface area contributed by atoms with Crippen LogP contribution in [0.15, 0.2) is 24.3 Å². The number of anilines is 1. The minimum Gasteiger partial charge on any atom is -0.368 e. The van der Waals surface area contributed by atoms with Crippen LogP contribution in [-0.2, 0) is 0 Å². The number of nitrogens with one attached hydrogen (secondary N) is 1. The zero-order valence-electron chi connectivity index (χ0n) is 10.3. The number of rotatable bonds is 6. The SMILES string of the molecule is CCC(CNC)N(CC)c1ccc(F)cc1. The van der Waals surface area contributed by atoms with Crippen molar-refractivity contribution in [2.75, 3.05) is 25.0 Å². The molecule has 0 fully saturated rings. The van der Waals surface area contributed by atoms with Crippen molar-refractivity contribution in [2.45, 2.75) is 26.3 Å². The van der Waals surface area contributed by atoms with Crippen molar-refractivity contribution in [3.05, 3.63) is 30.1 Å². The molecule has 1 aromatic rings. The third-order valence-electron chi connectivity index (χ3n) is 2.85. The molecular formula is C13H21FN2. The topological polar surface area (TPSA) is 15.3 Å². The molecule has 0 spiro atoms. The van der Waals surface area contributed by atoms with Crippen molar-refractivity contribution >= 4 is 5.69 Å². The van der Waals surface area contributed by atoms with E-state index in [1.54, 1.807) is 0 Å². The van der Waals surface area contributed by atoms with Gasteiger partial charge in [-0.25, -0.2) is 4.39 Å². The summed E-state index contributed by atoms with van der Waals surface area (Å²) in [5, 5.41) is 3.20. The molecule has 1 N–H and O–H groups in total. The minimum atomic E-state index is -0.179. The van der Waals surface area contributed by atoms with Crippen LogP contribution in [0.4, 0.5) is 10.1 Å². The fraction of sp³-hybridized carbons (Fsp3) is 0.538. The normalized spacial score (nSPS) is 12.5. The van der Waals surface area contributed by atoms with Gasteiger partial charge in [-0.05, 0) is 44.7 Å². The Bertz CT molecular complexity index is 297. The third-order valence-corrected chi connectivity index (χ3v) is 2.85. The van der Waals surface area contributed by atoms with Crippen LogP contribution in [0, 0.1) is 5.82 Å². The quantitative estimate of drug-likeness (QED) is 0.799. The first-order chi connectivity index (χ1) is 7.72. The third kappa shape index (κ3) is 3.20. The molecule has 0 aliphatic carbocycles. The lowest BCUT2D eigenvalue weighted by atomic mass is 10.1. The molecule has 0 aliphatic rings. The van der Waals surface area contributed by atoms with Gasteiger partial charge < -0.3 is 10.2 Å². The zero-order valence-corrected chi connectivity index (χ0v) is 10.3. The number of halogens is 1. The number of hydrogen-bond donors (Lipinski definition) is 1. The monoisotopic (exact) mass is 224 g/mol. The first-order valence-corrected chi connectivity index (χ1v) is 5.89. The second kappa shape index (κ2) is 6.48. The highest BCUT2D eigenvalue weighted by Crippen LogP contribution is 2.18. The molecule has 0 bridgehead atoms. The maximum Gasteiger partial charge on any atom is 0.123 e. The van der Waals surface area contributed by atoms with E-state index >= 15 is 0 Å². The van der Waals surface area contributed by atoms with Gasteiger partial charge in [0.25, 0.3) is 0 Å². The molecule has 0 aliphatic heterocycles. The Hall–Kier alpha value is -1.09. The predicted octanol–water partition coefficient (Wildman–Crippen LogP) is 2.65. The highest BCUT2D eigenvalue weighted by Gasteiger charge is 2.14. The largest absolute Gasteiger partial charge is 0.368 e. The molecule has 3 heteroatoms. The number of hydrogen-bond acceptors (Lipinski definition) is 2. The number of likely N-dealkylation sites (N-methyl/N-ethyl adjacent to an activating group) is 2. The Morgan fingerprint density at radius 3 is 2.31 bits per heavy atom. The summed E-state index contributed by atoms with van der Waals surface area (Å²) in [6, 6.07) is 7.18. The summed E-state index contributed by atoms with van der Waals surface area (Å²) < 4.78 is 12.9. The van der Waals surface area contributed by atoms with E-state index in [-0.39, 0.29) is 5.82 Å². The van der Waals surface area contributed by atoms with Crippen molar-refractivity contribution in [1.29, 1.82) is 0 Å². The Labute approximate surface area is 97.5 Å². The number of benzene rings is 1. The summed E-state index contributed by atoms with van der Waals surface area (Å²) in [7, 11) is 1.96. The number of nitrogens with zero attached hydrogens (tertiary/aromatic N) is 1. The summed E-state index contributed by atoms with van der Waals surface area (Å²) in [6.45, 7) is 6.18. The summed E-state index contributed by atoms with van der Waals surface area (Å²) in [5.74, 6) is -0.179. The molecule has 1 rings (SSSR count). The molecule has 0 saturated heterocycles. The Kier molecular flexibility index (Phi) is 5.26. The summed E-state index contributed by atoms with van der Waals surface area (Å²) in [4.78, 5) is 2.30. The van der Waals surface area contributed by atoms with Crippen LogP contribution < -0.4 is 10.2 Å². The molecule has 0 radical (unpaired) electrons. The Morgan fingerprint density at radius 2 is 1.88 bits per heavy atom. The fourth-order valence-corrected chi connectivity index (χ4v) is 1.99. The van der Waals surface area contributed by atoms with Crippen LogP contribution in [-0.4, -0.2) is 26.2 Å². The first-order valence-electron chi connectivity index (χ1n) is 5.89. The van der Waals surface area contributed by atoms with Gasteiger partial charge in [-0.3, -0.25) is 0 Å². The van der Waals surface area contributed by atoms with Crippen molar-refractivity contribution in [3.8, 4) is 0 Å². The minimum absolute atomic E-state index is 0.179. The van der Waals surface area contributed by atoms with Gasteiger partial charge in [0.15, 0.2) is 0 Å². The molecule has 90 valence electrons. The van der Waals surface area contributed by atoms with Gasteiger partial charge in [-0.15, -0.1) is 0 Å². The van der Waals surface area contributed by atoms with Crippen LogP contribution in [0.1, 0.15) is 20.3 Å². The highest BCUT2D eigenvalue weighted by atomic mass is 19.1. The van der Waals surface area contributed by atoms with E-state index in [0.29, 0.717) is 6.04 Å². The second-order valence-electron chi connectivity index (χ2n) is 3.88. The lowest BCUT2D eigenvalue weighted by Gasteiger charge is -2.32. The molecule has 1 aromatic carbocycles. The molecule has 2 nitrogen and oxygen atoms in total. The van der Waals surface area contributed by atoms with E-state index in [4.69, 9.17) is 0 Å². The molecule has 0 amide bonds. The molecule has 16 heavy (non-hydrogen) atoms. The maximum absolute atomic E-state index is 12.9. The molecule has 0 heterocycles. The van der Waals surface area contributed by atoms with Crippen LogP contribution in [0.3, 0.4) is 0 Å². The summed E-state index contributed by atoms with van der Waals surface area (Å²) >= 11 is 0. The average molecular weight is 224 g/mol. The van der Waals surface area contributed by atoms with Gasteiger partial charge in [-0.1, -0.05) is 6.92 Å². The van der Waals surface area contributed by atoms with Gasteiger partial charge in [-0.2, -0.15) is 0 Å². The molecule has 1 atom stereocenters. The smallest absolute Gasteiger partial charge is 0.123 e. The molecular weight excluding hydrogens is 203 g/mol. The molecule has 0 saturated carbocycles. The zero-order chi connectivity index (χ0) is 12.0. The lowest BCUT2D eigenvalue weighted by Crippen LogP contribution is -2.41. The Morgan fingerprint density at radius 1 is 1.25 bits per heavy atom. The molecule has 1 unspecified atom stereocenters. The standard InChI is InChI=1S/C13H21FN2/c1-4-12(10-15-3)16(5-2)13-8-6-11(14)7-9-13/h6-9,12,15H,4-5,10H2,1-3H3. The van der Waals surface area contributed by atoms with Crippen LogP contribution in [0.2, 0.25) is 0 Å². The van der Waals surface area contributed by atoms with E-state index in [1.807, 2.05) is 19.2 Å². The second-order valence-corrected chi connectivity index (χ2v) is 3.88. The van der Waals surface area contributed by atoms with Crippen molar-refractivity contribution in [3.63, 3.8) is 0 Å². The van der Waals surface area contributed by atoms with Crippen molar-refractivity contribution in [1.82, 2.24) is 5.32 Å². The van der Waals surface area contributed by atoms with Crippen molar-refractivity contribution < 1.29 is 4.39 Å². The van der Waals surface area contributed by atoms with E-state index in [2.05, 4.69) is 24.1 Å². The highest BCUT2D eigenvalue weighted by molar-refractivity contribution is 5.47. The molecule has 0 aromatic heterocycles. The predicted molar refractivity (Wildman–Crippen MR) is 67.4 cm³/mol. The fourth-order valence-electron chi connectivity index (χ4n) is 1.99. The van der Waals surface area contributed by atoms with E-state index in [9.17, 15) is 4.39 Å². The summed E-state index contributed by atoms with van der Waals surface area (Å²) in [5.41, 5.74) is 1.09. The first kappa shape index (κ1) is 13.0. The van der Waals surface area contributed by atoms with E-state index in [1.165, 1.54) is 12.1 Å². The van der Waals surface area contributed by atoms with Gasteiger partial charge in [0, 0.05) is 24.8 Å². The van der Waals surface area contributed by atoms with Crippen LogP contribution >= 0.6 is 0 Å². The van der Waals surface area contributed by atoms with Crippen LogP contribution in [0.25, 0.3) is 0 Å².